The summed E-state index contributed by atoms with van der Waals surface area (Å²) < 4.78 is 16.0. The molecule has 0 aliphatic carbocycles. The van der Waals surface area contributed by atoms with E-state index in [4.69, 9.17) is 14.2 Å². The number of anilines is 1. The molecule has 1 heterocycles. The van der Waals surface area contributed by atoms with Crippen LogP contribution < -0.4 is 19.5 Å². The first kappa shape index (κ1) is 17.1. The minimum absolute atomic E-state index is 0.0869. The molecule has 0 unspecified atom stereocenters. The first-order valence-corrected chi connectivity index (χ1v) is 7.96. The van der Waals surface area contributed by atoms with Crippen LogP contribution in [0.5, 0.6) is 17.2 Å². The number of benzene rings is 1. The Labute approximate surface area is 139 Å². The molecule has 23 heavy (non-hydrogen) atoms. The molecular formula is C16H20N2O4S. The van der Waals surface area contributed by atoms with Gasteiger partial charge in [-0.1, -0.05) is 6.07 Å². The molecule has 7 heteroatoms. The van der Waals surface area contributed by atoms with Gasteiger partial charge in [0.1, 0.15) is 0 Å². The van der Waals surface area contributed by atoms with E-state index in [0.29, 0.717) is 35.2 Å². The van der Waals surface area contributed by atoms with Gasteiger partial charge >= 0.3 is 0 Å². The van der Waals surface area contributed by atoms with E-state index in [2.05, 4.69) is 10.3 Å². The van der Waals surface area contributed by atoms with Crippen LogP contribution in [0, 0.1) is 6.92 Å². The van der Waals surface area contributed by atoms with Gasteiger partial charge in [0.2, 0.25) is 11.7 Å². The second-order valence-corrected chi connectivity index (χ2v) is 5.69. The third-order valence-electron chi connectivity index (χ3n) is 3.27. The predicted molar refractivity (Wildman–Crippen MR) is 89.9 cm³/mol. The Bertz CT molecular complexity index is 685. The summed E-state index contributed by atoms with van der Waals surface area (Å²) in [5.74, 6) is 1.63. The van der Waals surface area contributed by atoms with Gasteiger partial charge in [-0.25, -0.2) is 4.98 Å². The molecule has 1 N–H and O–H groups in total. The number of carbonyl (C=O) groups excluding carboxylic acids is 1. The maximum Gasteiger partial charge on any atom is 0.226 e. The van der Waals surface area contributed by atoms with Crippen molar-refractivity contribution in [3.05, 3.63) is 28.8 Å². The maximum atomic E-state index is 12.0. The zero-order valence-corrected chi connectivity index (χ0v) is 14.5. The van der Waals surface area contributed by atoms with E-state index in [9.17, 15) is 4.79 Å². The Morgan fingerprint density at radius 2 is 1.91 bits per heavy atom. The molecule has 0 fully saturated rings. The number of amides is 1. The van der Waals surface area contributed by atoms with Crippen molar-refractivity contribution in [2.75, 3.05) is 26.6 Å². The fourth-order valence-corrected chi connectivity index (χ4v) is 2.91. The molecule has 6 nitrogen and oxygen atoms in total. The summed E-state index contributed by atoms with van der Waals surface area (Å²) in [7, 11) is 4.70. The first-order chi connectivity index (χ1) is 11.1. The number of thiazole rings is 1. The van der Waals surface area contributed by atoms with Gasteiger partial charge in [-0.05, 0) is 25.0 Å². The van der Waals surface area contributed by atoms with Crippen molar-refractivity contribution in [3.8, 4) is 17.2 Å². The van der Waals surface area contributed by atoms with E-state index in [-0.39, 0.29) is 5.91 Å². The number of nitrogens with one attached hydrogen (secondary N) is 1. The molecule has 0 aliphatic rings. The molecular weight excluding hydrogens is 316 g/mol. The summed E-state index contributed by atoms with van der Waals surface area (Å²) in [5.41, 5.74) is 1.78. The Kier molecular flexibility index (Phi) is 5.81. The Morgan fingerprint density at radius 3 is 2.48 bits per heavy atom. The lowest BCUT2D eigenvalue weighted by molar-refractivity contribution is -0.116. The second-order valence-electron chi connectivity index (χ2n) is 4.84. The minimum atomic E-state index is -0.0869. The third-order valence-corrected chi connectivity index (χ3v) is 4.15. The van der Waals surface area contributed by atoms with Crippen LogP contribution in [0.4, 0.5) is 5.13 Å². The topological polar surface area (TPSA) is 69.7 Å². The van der Waals surface area contributed by atoms with Crippen LogP contribution >= 0.6 is 11.3 Å². The van der Waals surface area contributed by atoms with Crippen molar-refractivity contribution in [2.24, 2.45) is 0 Å². The SMILES string of the molecule is COc1ccc(CCC(=O)Nc2nc(C)cs2)c(OC)c1OC. The van der Waals surface area contributed by atoms with Gasteiger partial charge < -0.3 is 19.5 Å². The number of aryl methyl sites for hydroxylation is 2. The average molecular weight is 336 g/mol. The van der Waals surface area contributed by atoms with Gasteiger partial charge in [0, 0.05) is 11.8 Å². The van der Waals surface area contributed by atoms with E-state index in [1.807, 2.05) is 18.4 Å². The Balaban J connectivity index is 2.06. The van der Waals surface area contributed by atoms with Crippen LogP contribution in [0.3, 0.4) is 0 Å². The molecule has 0 aliphatic heterocycles. The van der Waals surface area contributed by atoms with Crippen LogP contribution in [0.15, 0.2) is 17.5 Å². The highest BCUT2D eigenvalue weighted by molar-refractivity contribution is 7.13. The van der Waals surface area contributed by atoms with Crippen LogP contribution in [0.2, 0.25) is 0 Å². The lowest BCUT2D eigenvalue weighted by Gasteiger charge is -2.15. The molecule has 0 atom stereocenters. The van der Waals surface area contributed by atoms with E-state index >= 15 is 0 Å². The summed E-state index contributed by atoms with van der Waals surface area (Å²) in [4.78, 5) is 16.2. The standard InChI is InChI=1S/C16H20N2O4S/c1-10-9-23-16(17-10)18-13(19)8-6-11-5-7-12(20-2)15(22-4)14(11)21-3/h5,7,9H,6,8H2,1-4H3,(H,17,18,19). The molecule has 2 rings (SSSR count). The van der Waals surface area contributed by atoms with Crippen LogP contribution in [0.25, 0.3) is 0 Å². The molecule has 2 aromatic rings. The summed E-state index contributed by atoms with van der Waals surface area (Å²) in [6.07, 6.45) is 0.851. The van der Waals surface area contributed by atoms with Gasteiger partial charge in [0.05, 0.1) is 27.0 Å². The minimum Gasteiger partial charge on any atom is -0.493 e. The second kappa shape index (κ2) is 7.82. The molecule has 1 aromatic heterocycles. The number of rotatable bonds is 7. The van der Waals surface area contributed by atoms with E-state index in [1.54, 1.807) is 27.4 Å². The highest BCUT2D eigenvalue weighted by atomic mass is 32.1. The highest BCUT2D eigenvalue weighted by Crippen LogP contribution is 2.40. The number of hydrogen-bond acceptors (Lipinski definition) is 6. The number of ether oxygens (including phenoxy) is 3. The monoisotopic (exact) mass is 336 g/mol. The smallest absolute Gasteiger partial charge is 0.226 e. The van der Waals surface area contributed by atoms with Crippen molar-refractivity contribution in [1.82, 2.24) is 4.98 Å². The highest BCUT2D eigenvalue weighted by Gasteiger charge is 2.16. The molecule has 0 spiro atoms. The fourth-order valence-electron chi connectivity index (χ4n) is 2.20. The lowest BCUT2D eigenvalue weighted by Crippen LogP contribution is -2.12. The van der Waals surface area contributed by atoms with Gasteiger partial charge in [-0.15, -0.1) is 11.3 Å². The van der Waals surface area contributed by atoms with Crippen LogP contribution in [-0.4, -0.2) is 32.2 Å². The predicted octanol–water partition coefficient (Wildman–Crippen LogP) is 3.05. The van der Waals surface area contributed by atoms with Crippen molar-refractivity contribution in [2.45, 2.75) is 19.8 Å². The van der Waals surface area contributed by atoms with Crippen molar-refractivity contribution >= 4 is 22.4 Å². The number of carbonyl (C=O) groups is 1. The summed E-state index contributed by atoms with van der Waals surface area (Å²) in [6, 6.07) is 3.68. The molecule has 1 amide bonds. The number of nitrogens with zero attached hydrogens (tertiary/aromatic N) is 1. The summed E-state index contributed by atoms with van der Waals surface area (Å²) in [5, 5.41) is 5.31. The van der Waals surface area contributed by atoms with E-state index in [0.717, 1.165) is 11.3 Å². The average Bonchev–Trinajstić information content (AvgIpc) is 2.96. The van der Waals surface area contributed by atoms with Crippen LogP contribution in [-0.2, 0) is 11.2 Å². The van der Waals surface area contributed by atoms with Crippen molar-refractivity contribution < 1.29 is 19.0 Å². The van der Waals surface area contributed by atoms with E-state index < -0.39 is 0 Å². The number of aromatic nitrogens is 1. The molecule has 1 aromatic carbocycles. The van der Waals surface area contributed by atoms with Crippen molar-refractivity contribution in [1.29, 1.82) is 0 Å². The third kappa shape index (κ3) is 4.13. The van der Waals surface area contributed by atoms with Crippen LogP contribution in [0.1, 0.15) is 17.7 Å². The fraction of sp³-hybridized carbons (Fsp3) is 0.375. The molecule has 0 radical (unpaired) electrons. The lowest BCUT2D eigenvalue weighted by atomic mass is 10.1. The zero-order valence-electron chi connectivity index (χ0n) is 13.6. The van der Waals surface area contributed by atoms with E-state index in [1.165, 1.54) is 11.3 Å². The van der Waals surface area contributed by atoms with Crippen molar-refractivity contribution in [3.63, 3.8) is 0 Å². The zero-order chi connectivity index (χ0) is 16.8. The molecule has 124 valence electrons. The number of methoxy groups -OCH3 is 3. The van der Waals surface area contributed by atoms with Gasteiger partial charge in [0.15, 0.2) is 16.6 Å². The molecule has 0 saturated heterocycles. The quantitative estimate of drug-likeness (QED) is 0.841. The Hall–Kier alpha value is -2.28. The maximum absolute atomic E-state index is 12.0. The summed E-state index contributed by atoms with van der Waals surface area (Å²) >= 11 is 1.41. The summed E-state index contributed by atoms with van der Waals surface area (Å²) in [6.45, 7) is 1.89. The van der Waals surface area contributed by atoms with Gasteiger partial charge in [0.25, 0.3) is 0 Å². The molecule has 0 saturated carbocycles. The Morgan fingerprint density at radius 1 is 1.17 bits per heavy atom. The number of hydrogen-bond donors (Lipinski definition) is 1. The normalized spacial score (nSPS) is 10.3. The molecule has 0 bridgehead atoms. The van der Waals surface area contributed by atoms with Gasteiger partial charge in [-0.2, -0.15) is 0 Å². The largest absolute Gasteiger partial charge is 0.493 e. The first-order valence-electron chi connectivity index (χ1n) is 7.08. The van der Waals surface area contributed by atoms with Gasteiger partial charge in [-0.3, -0.25) is 4.79 Å².